The van der Waals surface area contributed by atoms with E-state index in [2.05, 4.69) is 11.9 Å². The largest absolute Gasteiger partial charge is 0.438 e. The number of hydrogen-bond acceptors (Lipinski definition) is 3. The molecule has 1 aliphatic heterocycles. The van der Waals surface area contributed by atoms with Gasteiger partial charge in [-0.05, 0) is 49.1 Å². The molecule has 3 aromatic rings. The first-order valence-electron chi connectivity index (χ1n) is 12.2. The molecule has 4 nitrogen and oxygen atoms in total. The van der Waals surface area contributed by atoms with Crippen molar-refractivity contribution in [2.45, 2.75) is 77.2 Å². The summed E-state index contributed by atoms with van der Waals surface area (Å²) in [6.45, 7) is 2.94. The second-order valence-corrected chi connectivity index (χ2v) is 8.98. The van der Waals surface area contributed by atoms with E-state index in [0.29, 0.717) is 34.5 Å². The number of rotatable bonds is 10. The van der Waals surface area contributed by atoms with Gasteiger partial charge in [0.25, 0.3) is 0 Å². The smallest absolute Gasteiger partial charge is 0.223 e. The first kappa shape index (κ1) is 23.4. The molecule has 176 valence electrons. The van der Waals surface area contributed by atoms with E-state index < -0.39 is 11.6 Å². The number of benzene rings is 2. The molecular formula is C27H32F2N2O2. The molecule has 1 fully saturated rings. The lowest BCUT2D eigenvalue weighted by Crippen LogP contribution is -2.30. The molecule has 2 aromatic carbocycles. The Labute approximate surface area is 194 Å². The molecule has 6 heteroatoms. The molecule has 1 saturated heterocycles. The Bertz CT molecular complexity index is 1090. The van der Waals surface area contributed by atoms with E-state index in [1.165, 1.54) is 44.2 Å². The van der Waals surface area contributed by atoms with Gasteiger partial charge in [0.2, 0.25) is 11.8 Å². The number of likely N-dealkylation sites (tertiary alicyclic amines) is 1. The molecule has 1 atom stereocenters. The first-order chi connectivity index (χ1) is 16.1. The van der Waals surface area contributed by atoms with E-state index in [1.807, 2.05) is 4.90 Å². The van der Waals surface area contributed by atoms with Crippen LogP contribution in [0, 0.1) is 11.6 Å². The van der Waals surface area contributed by atoms with Gasteiger partial charge >= 0.3 is 0 Å². The predicted molar refractivity (Wildman–Crippen MR) is 126 cm³/mol. The highest BCUT2D eigenvalue weighted by molar-refractivity contribution is 5.81. The molecule has 0 unspecified atom stereocenters. The zero-order chi connectivity index (χ0) is 23.2. The summed E-state index contributed by atoms with van der Waals surface area (Å²) in [4.78, 5) is 19.4. The van der Waals surface area contributed by atoms with Crippen LogP contribution in [-0.4, -0.2) is 22.3 Å². The molecule has 2 heterocycles. The third-order valence-corrected chi connectivity index (χ3v) is 6.50. The average molecular weight is 455 g/mol. The maximum atomic E-state index is 14.2. The van der Waals surface area contributed by atoms with Crippen molar-refractivity contribution in [3.63, 3.8) is 0 Å². The molecule has 1 amide bonds. The van der Waals surface area contributed by atoms with Crippen LogP contribution in [0.15, 0.2) is 40.8 Å². The SMILES string of the molecule is CCCCCCCCCC(=O)N1CCC[C@@H]1c1nc2cc(-c3ccc(F)cc3F)ccc2o1. The van der Waals surface area contributed by atoms with Gasteiger partial charge in [-0.25, -0.2) is 13.8 Å². The van der Waals surface area contributed by atoms with E-state index in [0.717, 1.165) is 38.3 Å². The predicted octanol–water partition coefficient (Wildman–Crippen LogP) is 7.58. The molecule has 1 aromatic heterocycles. The second kappa shape index (κ2) is 10.9. The summed E-state index contributed by atoms with van der Waals surface area (Å²) in [5, 5.41) is 0. The van der Waals surface area contributed by atoms with Crippen LogP contribution in [0.1, 0.15) is 83.1 Å². The number of amides is 1. The van der Waals surface area contributed by atoms with Crippen molar-refractivity contribution in [2.24, 2.45) is 0 Å². The molecule has 0 N–H and O–H groups in total. The molecule has 4 rings (SSSR count). The fourth-order valence-corrected chi connectivity index (χ4v) is 4.68. The van der Waals surface area contributed by atoms with Crippen molar-refractivity contribution in [3.8, 4) is 11.1 Å². The van der Waals surface area contributed by atoms with Crippen LogP contribution in [0.4, 0.5) is 8.78 Å². The maximum Gasteiger partial charge on any atom is 0.223 e. The quantitative estimate of drug-likeness (QED) is 0.297. The summed E-state index contributed by atoms with van der Waals surface area (Å²) < 4.78 is 33.5. The fraction of sp³-hybridized carbons (Fsp3) is 0.481. The first-order valence-corrected chi connectivity index (χ1v) is 12.2. The average Bonchev–Trinajstić information content (AvgIpc) is 3.45. The lowest BCUT2D eigenvalue weighted by atomic mass is 10.0. The highest BCUT2D eigenvalue weighted by atomic mass is 19.1. The van der Waals surface area contributed by atoms with Crippen molar-refractivity contribution in [1.29, 1.82) is 0 Å². The number of nitrogens with zero attached hydrogens (tertiary/aromatic N) is 2. The number of halogens is 2. The lowest BCUT2D eigenvalue weighted by Gasteiger charge is -2.22. The number of oxazole rings is 1. The molecule has 0 radical (unpaired) electrons. The van der Waals surface area contributed by atoms with Crippen LogP contribution in [-0.2, 0) is 4.79 Å². The minimum Gasteiger partial charge on any atom is -0.438 e. The zero-order valence-corrected chi connectivity index (χ0v) is 19.3. The maximum absolute atomic E-state index is 14.2. The van der Waals surface area contributed by atoms with E-state index in [9.17, 15) is 13.6 Å². The van der Waals surface area contributed by atoms with Crippen molar-refractivity contribution < 1.29 is 18.0 Å². The van der Waals surface area contributed by atoms with Crippen LogP contribution in [0.2, 0.25) is 0 Å². The van der Waals surface area contributed by atoms with Gasteiger partial charge in [0, 0.05) is 24.6 Å². The van der Waals surface area contributed by atoms with Gasteiger partial charge in [-0.3, -0.25) is 4.79 Å². The summed E-state index contributed by atoms with van der Waals surface area (Å²) in [7, 11) is 0. The summed E-state index contributed by atoms with van der Waals surface area (Å²) in [5.41, 5.74) is 2.13. The van der Waals surface area contributed by atoms with E-state index in [1.54, 1.807) is 18.2 Å². The van der Waals surface area contributed by atoms with E-state index in [4.69, 9.17) is 4.42 Å². The molecule has 1 aliphatic rings. The molecule has 0 aliphatic carbocycles. The second-order valence-electron chi connectivity index (χ2n) is 8.98. The van der Waals surface area contributed by atoms with Crippen LogP contribution in [0.25, 0.3) is 22.2 Å². The Kier molecular flexibility index (Phi) is 7.73. The van der Waals surface area contributed by atoms with Crippen LogP contribution < -0.4 is 0 Å². The standard InChI is InChI=1S/C27H32F2N2O2/c1-2-3-4-5-6-7-8-11-26(32)31-16-9-10-24(31)27-30-23-17-19(12-15-25(23)33-27)21-14-13-20(28)18-22(21)29/h12-15,17-18,24H,2-11,16H2,1H3/t24-/m1/s1. The number of hydrogen-bond donors (Lipinski definition) is 0. The molecule has 33 heavy (non-hydrogen) atoms. The van der Waals surface area contributed by atoms with Crippen LogP contribution in [0.5, 0.6) is 0 Å². The number of aromatic nitrogens is 1. The van der Waals surface area contributed by atoms with E-state index >= 15 is 0 Å². The van der Waals surface area contributed by atoms with Gasteiger partial charge in [0.1, 0.15) is 23.2 Å². The van der Waals surface area contributed by atoms with Gasteiger partial charge in [0.05, 0.1) is 0 Å². The van der Waals surface area contributed by atoms with Crippen molar-refractivity contribution in [1.82, 2.24) is 9.88 Å². The molecular weight excluding hydrogens is 422 g/mol. The van der Waals surface area contributed by atoms with Crippen molar-refractivity contribution >= 4 is 17.0 Å². The number of carbonyl (C=O) groups excluding carboxylic acids is 1. The van der Waals surface area contributed by atoms with E-state index in [-0.39, 0.29) is 11.9 Å². The molecule has 0 spiro atoms. The molecule has 0 saturated carbocycles. The van der Waals surface area contributed by atoms with Gasteiger partial charge < -0.3 is 9.32 Å². The minimum atomic E-state index is -0.615. The lowest BCUT2D eigenvalue weighted by molar-refractivity contribution is -0.132. The van der Waals surface area contributed by atoms with Gasteiger partial charge in [0.15, 0.2) is 5.58 Å². The Morgan fingerprint density at radius 2 is 1.85 bits per heavy atom. The summed E-state index contributed by atoms with van der Waals surface area (Å²) in [6, 6.07) is 8.63. The monoisotopic (exact) mass is 454 g/mol. The third kappa shape index (κ3) is 5.60. The van der Waals surface area contributed by atoms with Gasteiger partial charge in [-0.2, -0.15) is 0 Å². The molecule has 0 bridgehead atoms. The van der Waals surface area contributed by atoms with Crippen molar-refractivity contribution in [2.75, 3.05) is 6.54 Å². The third-order valence-electron chi connectivity index (χ3n) is 6.50. The Morgan fingerprint density at radius 3 is 2.64 bits per heavy atom. The Hall–Kier alpha value is -2.76. The Morgan fingerprint density at radius 1 is 1.06 bits per heavy atom. The normalized spacial score (nSPS) is 16.1. The highest BCUT2D eigenvalue weighted by Crippen LogP contribution is 2.35. The van der Waals surface area contributed by atoms with Gasteiger partial charge in [-0.15, -0.1) is 0 Å². The van der Waals surface area contributed by atoms with Crippen molar-refractivity contribution in [3.05, 3.63) is 53.9 Å². The topological polar surface area (TPSA) is 46.3 Å². The number of unbranched alkanes of at least 4 members (excludes halogenated alkanes) is 6. The van der Waals surface area contributed by atoms with Crippen LogP contribution in [0.3, 0.4) is 0 Å². The van der Waals surface area contributed by atoms with Gasteiger partial charge in [-0.1, -0.05) is 51.5 Å². The Balaban J connectivity index is 1.41. The highest BCUT2D eigenvalue weighted by Gasteiger charge is 2.33. The zero-order valence-electron chi connectivity index (χ0n) is 19.3. The summed E-state index contributed by atoms with van der Waals surface area (Å²) in [6.07, 6.45) is 10.6. The fourth-order valence-electron chi connectivity index (χ4n) is 4.68. The minimum absolute atomic E-state index is 0.152. The van der Waals surface area contributed by atoms with Crippen LogP contribution >= 0.6 is 0 Å². The summed E-state index contributed by atoms with van der Waals surface area (Å²) in [5.74, 6) is -0.519. The number of fused-ring (bicyclic) bond motifs is 1. The summed E-state index contributed by atoms with van der Waals surface area (Å²) >= 11 is 0. The number of carbonyl (C=O) groups is 1.